The number of nitrogens with two attached hydrogens (primary N) is 1. The Morgan fingerprint density at radius 1 is 1.10 bits per heavy atom. The zero-order valence-electron chi connectivity index (χ0n) is 22.4. The number of carbonyl (C=O) groups is 2. The summed E-state index contributed by atoms with van der Waals surface area (Å²) in [6.07, 6.45) is 1.62. The van der Waals surface area contributed by atoms with Crippen LogP contribution in [0.2, 0.25) is 0 Å². The first-order valence-electron chi connectivity index (χ1n) is 13.0. The van der Waals surface area contributed by atoms with Gasteiger partial charge in [0.1, 0.15) is 12.5 Å². The maximum Gasteiger partial charge on any atom is 0.330 e. The lowest BCUT2D eigenvalue weighted by atomic mass is 10.1. The highest BCUT2D eigenvalue weighted by Crippen LogP contribution is 2.33. The Bertz CT molecular complexity index is 1410. The molecule has 0 spiro atoms. The molecule has 2 aromatic carbocycles. The van der Waals surface area contributed by atoms with Crippen molar-refractivity contribution >= 4 is 40.8 Å². The number of piperazine rings is 1. The summed E-state index contributed by atoms with van der Waals surface area (Å²) in [4.78, 5) is 42.2. The molecule has 1 aromatic heterocycles. The number of alkyl halides is 1. The topological polar surface area (TPSA) is 111 Å². The van der Waals surface area contributed by atoms with Crippen molar-refractivity contribution < 1.29 is 14.0 Å². The summed E-state index contributed by atoms with van der Waals surface area (Å²) in [6, 6.07) is 10.3. The average molecular weight is 533 g/mol. The fourth-order valence-electron chi connectivity index (χ4n) is 5.14. The number of rotatable bonds is 6. The Hall–Kier alpha value is -4.25. The number of nitrogens with zero attached hydrogens (tertiary/aromatic N) is 6. The van der Waals surface area contributed by atoms with Crippen LogP contribution in [0.1, 0.15) is 34.0 Å². The SMILES string of the molecule is CCN1CCN(c2ccc(C(=O)Nc3ccc(C)c(N4Cc5cnc(N)nc5N(C)C4=O)c3)cc2CF)CC1. The molecule has 0 unspecified atom stereocenters. The van der Waals surface area contributed by atoms with Gasteiger partial charge in [-0.25, -0.2) is 14.2 Å². The fraction of sp³-hybridized carbons (Fsp3) is 0.357. The third kappa shape index (κ3) is 5.22. The third-order valence-corrected chi connectivity index (χ3v) is 7.43. The van der Waals surface area contributed by atoms with Crippen molar-refractivity contribution in [2.75, 3.05) is 65.5 Å². The first-order chi connectivity index (χ1) is 18.8. The van der Waals surface area contributed by atoms with Gasteiger partial charge in [0, 0.05) is 67.5 Å². The Morgan fingerprint density at radius 3 is 2.59 bits per heavy atom. The van der Waals surface area contributed by atoms with E-state index in [4.69, 9.17) is 5.73 Å². The molecule has 11 heteroatoms. The van der Waals surface area contributed by atoms with E-state index >= 15 is 0 Å². The molecular weight excluding hydrogens is 499 g/mol. The van der Waals surface area contributed by atoms with Crippen LogP contribution in [-0.2, 0) is 13.2 Å². The van der Waals surface area contributed by atoms with Crippen LogP contribution in [0.25, 0.3) is 0 Å². The Kier molecular flexibility index (Phi) is 7.34. The predicted octanol–water partition coefficient (Wildman–Crippen LogP) is 3.81. The summed E-state index contributed by atoms with van der Waals surface area (Å²) in [6.45, 7) is 8.18. The van der Waals surface area contributed by atoms with Gasteiger partial charge < -0.3 is 20.9 Å². The van der Waals surface area contributed by atoms with Gasteiger partial charge in [0.05, 0.1) is 12.2 Å². The standard InChI is InChI=1S/C28H33FN8O2/c1-4-35-9-11-36(12-10-35)23-8-6-19(13-20(23)15-29)26(38)32-22-7-5-18(2)24(14-22)37-17-21-16-31-27(30)33-25(21)34(3)28(37)39/h5-8,13-14,16H,4,9-12,15,17H2,1-3H3,(H,32,38)(H2,30,31,33). The van der Waals surface area contributed by atoms with Gasteiger partial charge in [-0.15, -0.1) is 0 Å². The van der Waals surface area contributed by atoms with Gasteiger partial charge in [-0.1, -0.05) is 13.0 Å². The number of nitrogens with one attached hydrogen (secondary N) is 1. The second-order valence-electron chi connectivity index (χ2n) is 9.86. The second kappa shape index (κ2) is 10.9. The molecule has 0 radical (unpaired) electrons. The molecule has 10 nitrogen and oxygen atoms in total. The van der Waals surface area contributed by atoms with E-state index in [9.17, 15) is 14.0 Å². The van der Waals surface area contributed by atoms with Gasteiger partial charge in [0.2, 0.25) is 5.95 Å². The third-order valence-electron chi connectivity index (χ3n) is 7.43. The van der Waals surface area contributed by atoms with E-state index in [2.05, 4.69) is 32.0 Å². The molecule has 204 valence electrons. The number of halogens is 1. The van der Waals surface area contributed by atoms with E-state index in [1.165, 1.54) is 4.90 Å². The summed E-state index contributed by atoms with van der Waals surface area (Å²) in [7, 11) is 1.64. The average Bonchev–Trinajstić information content (AvgIpc) is 2.96. The Morgan fingerprint density at radius 2 is 1.87 bits per heavy atom. The van der Waals surface area contributed by atoms with Crippen molar-refractivity contribution in [3.63, 3.8) is 0 Å². The molecule has 0 saturated carbocycles. The molecule has 3 heterocycles. The number of aryl methyl sites for hydroxylation is 1. The summed E-state index contributed by atoms with van der Waals surface area (Å²) < 4.78 is 14.0. The first-order valence-corrected chi connectivity index (χ1v) is 13.0. The number of carbonyl (C=O) groups excluding carboxylic acids is 2. The van der Waals surface area contributed by atoms with Crippen LogP contribution in [0, 0.1) is 6.92 Å². The number of anilines is 5. The summed E-state index contributed by atoms with van der Waals surface area (Å²) in [5, 5.41) is 2.91. The van der Waals surface area contributed by atoms with Gasteiger partial charge in [-0.05, 0) is 49.4 Å². The number of aromatic nitrogens is 2. The van der Waals surface area contributed by atoms with E-state index in [1.54, 1.807) is 42.4 Å². The number of likely N-dealkylation sites (N-methyl/N-ethyl adjacent to an activating group) is 1. The number of benzene rings is 2. The Labute approximate surface area is 227 Å². The van der Waals surface area contributed by atoms with Gasteiger partial charge >= 0.3 is 6.03 Å². The van der Waals surface area contributed by atoms with Crippen LogP contribution in [0.15, 0.2) is 42.6 Å². The van der Waals surface area contributed by atoms with Crippen LogP contribution < -0.4 is 25.8 Å². The Balaban J connectivity index is 1.35. The van der Waals surface area contributed by atoms with E-state index < -0.39 is 6.67 Å². The van der Waals surface area contributed by atoms with Gasteiger partial charge in [0.25, 0.3) is 5.91 Å². The van der Waals surface area contributed by atoms with Crippen molar-refractivity contribution in [1.82, 2.24) is 14.9 Å². The lowest BCUT2D eigenvalue weighted by Gasteiger charge is -2.36. The number of fused-ring (bicyclic) bond motifs is 1. The number of hydrogen-bond acceptors (Lipinski definition) is 7. The molecule has 5 rings (SSSR count). The molecule has 0 bridgehead atoms. The van der Waals surface area contributed by atoms with Crippen LogP contribution >= 0.6 is 0 Å². The zero-order chi connectivity index (χ0) is 27.7. The zero-order valence-corrected chi connectivity index (χ0v) is 22.4. The molecule has 2 aliphatic heterocycles. The van der Waals surface area contributed by atoms with E-state index in [0.29, 0.717) is 28.3 Å². The second-order valence-corrected chi connectivity index (χ2v) is 9.86. The maximum atomic E-state index is 14.0. The van der Waals surface area contributed by atoms with Crippen LogP contribution in [0.3, 0.4) is 0 Å². The number of nitrogen functional groups attached to an aromatic ring is 1. The van der Waals surface area contributed by atoms with Crippen molar-refractivity contribution in [3.8, 4) is 0 Å². The molecule has 0 aliphatic carbocycles. The molecule has 0 atom stereocenters. The largest absolute Gasteiger partial charge is 0.369 e. The van der Waals surface area contributed by atoms with Gasteiger partial charge in [0.15, 0.2) is 0 Å². The maximum absolute atomic E-state index is 14.0. The van der Waals surface area contributed by atoms with Crippen LogP contribution in [0.4, 0.5) is 38.0 Å². The van der Waals surface area contributed by atoms with E-state index in [1.807, 2.05) is 19.1 Å². The smallest absolute Gasteiger partial charge is 0.330 e. The highest BCUT2D eigenvalue weighted by Gasteiger charge is 2.31. The highest BCUT2D eigenvalue weighted by molar-refractivity contribution is 6.07. The lowest BCUT2D eigenvalue weighted by molar-refractivity contribution is 0.102. The highest BCUT2D eigenvalue weighted by atomic mass is 19.1. The quantitative estimate of drug-likeness (QED) is 0.497. The van der Waals surface area contributed by atoms with Crippen molar-refractivity contribution in [3.05, 3.63) is 64.8 Å². The summed E-state index contributed by atoms with van der Waals surface area (Å²) >= 11 is 0. The minimum absolute atomic E-state index is 0.103. The molecule has 3 aromatic rings. The van der Waals surface area contributed by atoms with Crippen LogP contribution in [0.5, 0.6) is 0 Å². The molecular formula is C28H33FN8O2. The van der Waals surface area contributed by atoms with Crippen molar-refractivity contribution in [2.45, 2.75) is 27.1 Å². The molecule has 2 aliphatic rings. The van der Waals surface area contributed by atoms with E-state index in [-0.39, 0.29) is 24.4 Å². The van der Waals surface area contributed by atoms with Gasteiger partial charge in [-0.3, -0.25) is 14.6 Å². The molecule has 1 fully saturated rings. The fourth-order valence-corrected chi connectivity index (χ4v) is 5.14. The monoisotopic (exact) mass is 532 g/mol. The molecule has 3 amide bonds. The van der Waals surface area contributed by atoms with Crippen molar-refractivity contribution in [1.29, 1.82) is 0 Å². The minimum atomic E-state index is -0.652. The number of hydrogen-bond donors (Lipinski definition) is 2. The van der Waals surface area contributed by atoms with Gasteiger partial charge in [-0.2, -0.15) is 4.98 Å². The number of urea groups is 1. The number of amides is 3. The normalized spacial score (nSPS) is 15.9. The van der Waals surface area contributed by atoms with E-state index in [0.717, 1.165) is 49.5 Å². The minimum Gasteiger partial charge on any atom is -0.369 e. The van der Waals surface area contributed by atoms with Crippen LogP contribution in [-0.4, -0.2) is 66.6 Å². The predicted molar refractivity (Wildman–Crippen MR) is 151 cm³/mol. The lowest BCUT2D eigenvalue weighted by Crippen LogP contribution is -2.46. The summed E-state index contributed by atoms with van der Waals surface area (Å²) in [5.74, 6) is 0.231. The molecule has 3 N–H and O–H groups in total. The van der Waals surface area contributed by atoms with Crippen molar-refractivity contribution in [2.24, 2.45) is 0 Å². The summed E-state index contributed by atoms with van der Waals surface area (Å²) in [5.41, 5.74) is 10.2. The molecule has 39 heavy (non-hydrogen) atoms. The first kappa shape index (κ1) is 26.4. The molecule has 1 saturated heterocycles.